The molecule has 1 aliphatic heterocycles. The van der Waals surface area contributed by atoms with Gasteiger partial charge in [0.2, 0.25) is 0 Å². The Morgan fingerprint density at radius 2 is 2.06 bits per heavy atom. The van der Waals surface area contributed by atoms with Crippen molar-refractivity contribution >= 4 is 11.9 Å². The Balaban J connectivity index is 2.40. The van der Waals surface area contributed by atoms with Crippen LogP contribution in [-0.4, -0.2) is 23.8 Å². The quantitative estimate of drug-likeness (QED) is 0.750. The van der Waals surface area contributed by atoms with Crippen LogP contribution in [0, 0.1) is 17.0 Å². The molecule has 2 amide bonds. The minimum atomic E-state index is -0.988. The second-order valence-electron chi connectivity index (χ2n) is 3.53. The van der Waals surface area contributed by atoms with E-state index in [1.54, 1.807) is 0 Å². The molecule has 0 bridgehead atoms. The molecule has 1 atom stereocenters. The molecule has 16 heavy (non-hydrogen) atoms. The average Bonchev–Trinajstić information content (AvgIpc) is 2.47. The van der Waals surface area contributed by atoms with Crippen molar-refractivity contribution in [2.24, 2.45) is 0 Å². The highest BCUT2D eigenvalue weighted by molar-refractivity contribution is 6.05. The lowest BCUT2D eigenvalue weighted by Crippen LogP contribution is -2.25. The molecular weight excluding hydrogens is 216 g/mol. The Kier molecular flexibility index (Phi) is 2.34. The summed E-state index contributed by atoms with van der Waals surface area (Å²) in [4.78, 5) is 12.5. The molecule has 1 aromatic rings. The maximum atomic E-state index is 13.0. The van der Waals surface area contributed by atoms with Gasteiger partial charge in [-0.1, -0.05) is 6.07 Å². The number of nitrogens with zero attached hydrogens (tertiary/aromatic N) is 1. The zero-order chi connectivity index (χ0) is 11.9. The van der Waals surface area contributed by atoms with Crippen LogP contribution in [0.3, 0.4) is 0 Å². The molecule has 1 aromatic carbocycles. The summed E-state index contributed by atoms with van der Waals surface area (Å²) in [7, 11) is 1.49. The Morgan fingerprint density at radius 1 is 1.38 bits per heavy atom. The van der Waals surface area contributed by atoms with Gasteiger partial charge in [-0.15, -0.1) is 0 Å². The van der Waals surface area contributed by atoms with Gasteiger partial charge in [0.15, 0.2) is 11.6 Å². The predicted molar refractivity (Wildman–Crippen MR) is 53.1 cm³/mol. The van der Waals surface area contributed by atoms with Crippen LogP contribution in [0.5, 0.6) is 0 Å². The molecule has 0 aliphatic carbocycles. The molecule has 0 aromatic heterocycles. The van der Waals surface area contributed by atoms with E-state index in [0.29, 0.717) is 5.56 Å². The molecule has 1 saturated heterocycles. The van der Waals surface area contributed by atoms with Gasteiger partial charge >= 0.3 is 6.03 Å². The molecule has 4 nitrogen and oxygen atoms in total. The van der Waals surface area contributed by atoms with E-state index in [1.165, 1.54) is 18.0 Å². The van der Waals surface area contributed by atoms with E-state index in [1.807, 2.05) is 0 Å². The molecule has 84 valence electrons. The van der Waals surface area contributed by atoms with Crippen molar-refractivity contribution in [2.75, 3.05) is 7.05 Å². The maximum Gasteiger partial charge on any atom is 0.323 e. The molecule has 0 radical (unpaired) electrons. The van der Waals surface area contributed by atoms with E-state index in [4.69, 9.17) is 5.41 Å². The zero-order valence-corrected chi connectivity index (χ0v) is 8.42. The van der Waals surface area contributed by atoms with Gasteiger partial charge in [-0.2, -0.15) is 0 Å². The third-order valence-corrected chi connectivity index (χ3v) is 2.48. The van der Waals surface area contributed by atoms with Crippen molar-refractivity contribution < 1.29 is 13.6 Å². The number of benzene rings is 1. The number of urea groups is 1. The van der Waals surface area contributed by atoms with Crippen molar-refractivity contribution in [3.63, 3.8) is 0 Å². The number of amides is 2. The molecule has 6 heteroatoms. The summed E-state index contributed by atoms with van der Waals surface area (Å²) >= 11 is 0. The Bertz CT molecular complexity index is 475. The van der Waals surface area contributed by atoms with E-state index in [0.717, 1.165) is 12.1 Å². The van der Waals surface area contributed by atoms with Crippen molar-refractivity contribution in [2.45, 2.75) is 6.04 Å². The number of hydrogen-bond acceptors (Lipinski definition) is 2. The number of carbonyl (C=O) groups excluding carboxylic acids is 1. The third kappa shape index (κ3) is 1.52. The Hall–Kier alpha value is -1.98. The van der Waals surface area contributed by atoms with Crippen LogP contribution in [0.2, 0.25) is 0 Å². The van der Waals surface area contributed by atoms with Gasteiger partial charge < -0.3 is 4.90 Å². The number of amidine groups is 1. The molecule has 1 heterocycles. The zero-order valence-electron chi connectivity index (χ0n) is 8.42. The van der Waals surface area contributed by atoms with E-state index < -0.39 is 23.7 Å². The maximum absolute atomic E-state index is 13.0. The molecule has 1 unspecified atom stereocenters. The van der Waals surface area contributed by atoms with Crippen molar-refractivity contribution in [1.29, 1.82) is 5.41 Å². The predicted octanol–water partition coefficient (Wildman–Crippen LogP) is 1.64. The van der Waals surface area contributed by atoms with Crippen LogP contribution < -0.4 is 5.32 Å². The Morgan fingerprint density at radius 3 is 2.56 bits per heavy atom. The molecule has 0 spiro atoms. The van der Waals surface area contributed by atoms with E-state index in [2.05, 4.69) is 5.32 Å². The number of rotatable bonds is 1. The third-order valence-electron chi connectivity index (χ3n) is 2.48. The van der Waals surface area contributed by atoms with Gasteiger partial charge in [-0.25, -0.2) is 13.6 Å². The largest absolute Gasteiger partial charge is 0.323 e. The molecule has 0 saturated carbocycles. The first-order chi connectivity index (χ1) is 7.50. The molecule has 2 N–H and O–H groups in total. The van der Waals surface area contributed by atoms with Crippen molar-refractivity contribution in [3.05, 3.63) is 35.4 Å². The average molecular weight is 225 g/mol. The second kappa shape index (κ2) is 3.55. The van der Waals surface area contributed by atoms with Gasteiger partial charge in [0.1, 0.15) is 11.9 Å². The smallest absolute Gasteiger partial charge is 0.313 e. The van der Waals surface area contributed by atoms with Crippen LogP contribution in [-0.2, 0) is 0 Å². The highest BCUT2D eigenvalue weighted by Crippen LogP contribution is 2.25. The molecule has 2 rings (SSSR count). The number of hydrogen-bond donors (Lipinski definition) is 2. The fraction of sp³-hybridized carbons (Fsp3) is 0.200. The first-order valence-electron chi connectivity index (χ1n) is 4.58. The Labute approximate surface area is 90.4 Å². The van der Waals surface area contributed by atoms with Crippen LogP contribution in [0.25, 0.3) is 0 Å². The second-order valence-corrected chi connectivity index (χ2v) is 3.53. The van der Waals surface area contributed by atoms with Gasteiger partial charge in [0.25, 0.3) is 0 Å². The van der Waals surface area contributed by atoms with Crippen LogP contribution >= 0.6 is 0 Å². The summed E-state index contributed by atoms with van der Waals surface area (Å²) in [5.41, 5.74) is 0.366. The topological polar surface area (TPSA) is 56.2 Å². The summed E-state index contributed by atoms with van der Waals surface area (Å²) in [5.74, 6) is -1.98. The van der Waals surface area contributed by atoms with Gasteiger partial charge in [0, 0.05) is 7.05 Å². The highest BCUT2D eigenvalue weighted by atomic mass is 19.2. The summed E-state index contributed by atoms with van der Waals surface area (Å²) in [6.07, 6.45) is 0. The molecular formula is C10H9F2N3O. The first kappa shape index (κ1) is 10.5. The number of likely N-dealkylation sites (N-methyl/N-ethyl adjacent to an activating group) is 1. The lowest BCUT2D eigenvalue weighted by atomic mass is 10.1. The first-order valence-corrected chi connectivity index (χ1v) is 4.58. The summed E-state index contributed by atoms with van der Waals surface area (Å²) in [6.45, 7) is 0. The van der Waals surface area contributed by atoms with Gasteiger partial charge in [-0.05, 0) is 17.7 Å². The van der Waals surface area contributed by atoms with Gasteiger partial charge in [-0.3, -0.25) is 10.7 Å². The van der Waals surface area contributed by atoms with E-state index >= 15 is 0 Å². The minimum Gasteiger partial charge on any atom is -0.313 e. The minimum absolute atomic E-state index is 0.0430. The molecule has 1 fully saturated rings. The SMILES string of the molecule is CN1C(=O)NC(=N)C1c1ccc(F)c(F)c1. The highest BCUT2D eigenvalue weighted by Gasteiger charge is 2.34. The fourth-order valence-corrected chi connectivity index (χ4v) is 1.66. The standard InChI is InChI=1S/C10H9F2N3O/c1-15-8(9(13)14-10(15)16)5-2-3-6(11)7(12)4-5/h2-4,8H,1H3,(H2,13,14,16). The lowest BCUT2D eigenvalue weighted by Gasteiger charge is -2.17. The van der Waals surface area contributed by atoms with Crippen LogP contribution in [0.15, 0.2) is 18.2 Å². The summed E-state index contributed by atoms with van der Waals surface area (Å²) in [6, 6.07) is 2.22. The van der Waals surface area contributed by atoms with Gasteiger partial charge in [0.05, 0.1) is 0 Å². The lowest BCUT2D eigenvalue weighted by molar-refractivity contribution is 0.217. The number of halogens is 2. The van der Waals surface area contributed by atoms with E-state index in [-0.39, 0.29) is 5.84 Å². The van der Waals surface area contributed by atoms with E-state index in [9.17, 15) is 13.6 Å². The number of nitrogens with one attached hydrogen (secondary N) is 2. The monoisotopic (exact) mass is 225 g/mol. The summed E-state index contributed by atoms with van der Waals surface area (Å²) in [5, 5.41) is 9.84. The van der Waals surface area contributed by atoms with Crippen LogP contribution in [0.4, 0.5) is 13.6 Å². The number of carbonyl (C=O) groups is 1. The van der Waals surface area contributed by atoms with Crippen molar-refractivity contribution in [3.8, 4) is 0 Å². The molecule has 1 aliphatic rings. The van der Waals surface area contributed by atoms with Crippen molar-refractivity contribution in [1.82, 2.24) is 10.2 Å². The normalized spacial score (nSPS) is 20.2. The summed E-state index contributed by atoms with van der Waals surface area (Å²) < 4.78 is 25.7. The van der Waals surface area contributed by atoms with Crippen LogP contribution in [0.1, 0.15) is 11.6 Å². The fourth-order valence-electron chi connectivity index (χ4n) is 1.66.